The van der Waals surface area contributed by atoms with Gasteiger partial charge in [-0.25, -0.2) is 0 Å². The smallest absolute Gasteiger partial charge is 0.161 e. The summed E-state index contributed by atoms with van der Waals surface area (Å²) in [4.78, 5) is 0. The van der Waals surface area contributed by atoms with Crippen molar-refractivity contribution in [3.63, 3.8) is 0 Å². The maximum atomic E-state index is 9.95. The fourth-order valence-corrected chi connectivity index (χ4v) is 2.44. The first-order chi connectivity index (χ1) is 9.11. The molecule has 0 heterocycles. The molecule has 4 heteroatoms. The molecular weight excluding hydrogens is 242 g/mol. The average molecular weight is 265 g/mol. The van der Waals surface area contributed by atoms with Crippen LogP contribution < -0.4 is 15.2 Å². The Balaban J connectivity index is 2.15. The number of rotatable bonds is 4. The summed E-state index contributed by atoms with van der Waals surface area (Å²) in [6, 6.07) is 5.68. The van der Waals surface area contributed by atoms with Gasteiger partial charge in [0, 0.05) is 6.04 Å². The monoisotopic (exact) mass is 265 g/mol. The van der Waals surface area contributed by atoms with Crippen LogP contribution in [0.25, 0.3) is 0 Å². The summed E-state index contributed by atoms with van der Waals surface area (Å²) in [6.45, 7) is 1.93. The Bertz CT molecular complexity index is 420. The lowest BCUT2D eigenvalue weighted by atomic mass is 9.95. The van der Waals surface area contributed by atoms with Crippen molar-refractivity contribution in [2.75, 3.05) is 7.11 Å². The Hall–Kier alpha value is -1.26. The molecule has 3 atom stereocenters. The molecule has 1 aromatic rings. The van der Waals surface area contributed by atoms with Crippen molar-refractivity contribution in [1.29, 1.82) is 0 Å². The third kappa shape index (κ3) is 3.39. The van der Waals surface area contributed by atoms with Crippen LogP contribution in [0, 0.1) is 0 Å². The molecule has 4 nitrogen and oxygen atoms in total. The standard InChI is InChI=1S/C15H23NO3/c1-10(16)11-7-8-14(15(9-11)18-2)19-13-6-4-3-5-12(13)17/h7-10,12-13,17H,3-6,16H2,1-2H3. The van der Waals surface area contributed by atoms with E-state index in [-0.39, 0.29) is 18.2 Å². The van der Waals surface area contributed by atoms with Crippen molar-refractivity contribution in [1.82, 2.24) is 0 Å². The number of benzene rings is 1. The van der Waals surface area contributed by atoms with Gasteiger partial charge in [-0.1, -0.05) is 12.5 Å². The SMILES string of the molecule is COc1cc(C(C)N)ccc1OC1CCCCC1O. The topological polar surface area (TPSA) is 64.7 Å². The fraction of sp³-hybridized carbons (Fsp3) is 0.600. The summed E-state index contributed by atoms with van der Waals surface area (Å²) in [5, 5.41) is 9.95. The highest BCUT2D eigenvalue weighted by Gasteiger charge is 2.25. The molecule has 0 spiro atoms. The Morgan fingerprint density at radius 3 is 2.63 bits per heavy atom. The normalized spacial score (nSPS) is 24.8. The van der Waals surface area contributed by atoms with Crippen molar-refractivity contribution in [2.24, 2.45) is 5.73 Å². The van der Waals surface area contributed by atoms with Crippen LogP contribution >= 0.6 is 0 Å². The highest BCUT2D eigenvalue weighted by atomic mass is 16.5. The highest BCUT2D eigenvalue weighted by Crippen LogP contribution is 2.33. The number of aliphatic hydroxyl groups is 1. The summed E-state index contributed by atoms with van der Waals surface area (Å²) < 4.78 is 11.3. The third-order valence-corrected chi connectivity index (χ3v) is 3.66. The molecule has 1 saturated carbocycles. The van der Waals surface area contributed by atoms with Crippen LogP contribution in [-0.4, -0.2) is 24.4 Å². The van der Waals surface area contributed by atoms with Gasteiger partial charge in [0.2, 0.25) is 0 Å². The molecule has 19 heavy (non-hydrogen) atoms. The van der Waals surface area contributed by atoms with E-state index in [0.717, 1.165) is 31.2 Å². The Morgan fingerprint density at radius 2 is 2.00 bits per heavy atom. The molecule has 0 aliphatic heterocycles. The van der Waals surface area contributed by atoms with Gasteiger partial charge in [0.15, 0.2) is 11.5 Å². The predicted octanol–water partition coefficient (Wildman–Crippen LogP) is 2.40. The van der Waals surface area contributed by atoms with Gasteiger partial charge in [-0.05, 0) is 43.9 Å². The number of hydrogen-bond acceptors (Lipinski definition) is 4. The second-order valence-electron chi connectivity index (χ2n) is 5.21. The summed E-state index contributed by atoms with van der Waals surface area (Å²) in [6.07, 6.45) is 3.35. The zero-order chi connectivity index (χ0) is 13.8. The largest absolute Gasteiger partial charge is 0.493 e. The van der Waals surface area contributed by atoms with Crippen LogP contribution in [0.1, 0.15) is 44.2 Å². The first kappa shape index (κ1) is 14.2. The molecule has 1 fully saturated rings. The van der Waals surface area contributed by atoms with E-state index >= 15 is 0 Å². The van der Waals surface area contributed by atoms with Crippen molar-refractivity contribution >= 4 is 0 Å². The zero-order valence-corrected chi connectivity index (χ0v) is 11.6. The molecule has 3 unspecified atom stereocenters. The van der Waals surface area contributed by atoms with Gasteiger partial charge in [0.25, 0.3) is 0 Å². The first-order valence-electron chi connectivity index (χ1n) is 6.90. The van der Waals surface area contributed by atoms with Gasteiger partial charge < -0.3 is 20.3 Å². The highest BCUT2D eigenvalue weighted by molar-refractivity contribution is 5.43. The van der Waals surface area contributed by atoms with E-state index in [4.69, 9.17) is 15.2 Å². The van der Waals surface area contributed by atoms with Gasteiger partial charge >= 0.3 is 0 Å². The lowest BCUT2D eigenvalue weighted by molar-refractivity contribution is 0.00567. The third-order valence-electron chi connectivity index (χ3n) is 3.66. The average Bonchev–Trinajstić information content (AvgIpc) is 2.41. The van der Waals surface area contributed by atoms with Crippen LogP contribution in [0.2, 0.25) is 0 Å². The van der Waals surface area contributed by atoms with Gasteiger partial charge in [-0.2, -0.15) is 0 Å². The Kier molecular flexibility index (Phi) is 4.66. The Morgan fingerprint density at radius 1 is 1.26 bits per heavy atom. The van der Waals surface area contributed by atoms with Crippen molar-refractivity contribution in [3.8, 4) is 11.5 Å². The summed E-state index contributed by atoms with van der Waals surface area (Å²) >= 11 is 0. The minimum absolute atomic E-state index is 0.0387. The fourth-order valence-electron chi connectivity index (χ4n) is 2.44. The molecule has 3 N–H and O–H groups in total. The molecular formula is C15H23NO3. The molecule has 106 valence electrons. The van der Waals surface area contributed by atoms with Gasteiger partial charge in [0.05, 0.1) is 13.2 Å². The van der Waals surface area contributed by atoms with Gasteiger partial charge in [0.1, 0.15) is 6.10 Å². The van der Waals surface area contributed by atoms with Crippen LogP contribution in [0.15, 0.2) is 18.2 Å². The van der Waals surface area contributed by atoms with E-state index in [0.29, 0.717) is 11.5 Å². The second-order valence-corrected chi connectivity index (χ2v) is 5.21. The molecule has 0 bridgehead atoms. The van der Waals surface area contributed by atoms with Crippen LogP contribution in [0.3, 0.4) is 0 Å². The predicted molar refractivity (Wildman–Crippen MR) is 74.5 cm³/mol. The Labute approximate surface area is 114 Å². The number of nitrogens with two attached hydrogens (primary N) is 1. The molecule has 0 amide bonds. The summed E-state index contributed by atoms with van der Waals surface area (Å²) in [7, 11) is 1.62. The number of methoxy groups -OCH3 is 1. The van der Waals surface area contributed by atoms with E-state index in [1.807, 2.05) is 25.1 Å². The number of aliphatic hydroxyl groups excluding tert-OH is 1. The second kappa shape index (κ2) is 6.26. The van der Waals surface area contributed by atoms with E-state index < -0.39 is 0 Å². The van der Waals surface area contributed by atoms with Crippen molar-refractivity contribution in [3.05, 3.63) is 23.8 Å². The summed E-state index contributed by atoms with van der Waals surface area (Å²) in [5.74, 6) is 1.35. The number of ether oxygens (including phenoxy) is 2. The van der Waals surface area contributed by atoms with Crippen molar-refractivity contribution < 1.29 is 14.6 Å². The van der Waals surface area contributed by atoms with E-state index in [1.165, 1.54) is 0 Å². The molecule has 2 rings (SSSR count). The van der Waals surface area contributed by atoms with Gasteiger partial charge in [-0.15, -0.1) is 0 Å². The lowest BCUT2D eigenvalue weighted by Crippen LogP contribution is -2.34. The van der Waals surface area contributed by atoms with E-state index in [1.54, 1.807) is 7.11 Å². The van der Waals surface area contributed by atoms with Crippen molar-refractivity contribution in [2.45, 2.75) is 50.9 Å². The molecule has 1 aromatic carbocycles. The minimum atomic E-state index is -0.383. The molecule has 0 saturated heterocycles. The number of hydrogen-bond donors (Lipinski definition) is 2. The first-order valence-corrected chi connectivity index (χ1v) is 6.90. The molecule has 0 radical (unpaired) electrons. The van der Waals surface area contributed by atoms with Crippen LogP contribution in [0.5, 0.6) is 11.5 Å². The zero-order valence-electron chi connectivity index (χ0n) is 11.6. The lowest BCUT2D eigenvalue weighted by Gasteiger charge is -2.28. The van der Waals surface area contributed by atoms with Crippen LogP contribution in [-0.2, 0) is 0 Å². The maximum Gasteiger partial charge on any atom is 0.161 e. The molecule has 0 aromatic heterocycles. The quantitative estimate of drug-likeness (QED) is 0.877. The minimum Gasteiger partial charge on any atom is -0.493 e. The van der Waals surface area contributed by atoms with E-state index in [2.05, 4.69) is 0 Å². The summed E-state index contributed by atoms with van der Waals surface area (Å²) in [5.41, 5.74) is 6.87. The molecule has 1 aliphatic carbocycles. The van der Waals surface area contributed by atoms with Crippen LogP contribution in [0.4, 0.5) is 0 Å². The van der Waals surface area contributed by atoms with E-state index in [9.17, 15) is 5.11 Å². The van der Waals surface area contributed by atoms with Gasteiger partial charge in [-0.3, -0.25) is 0 Å². The molecule has 1 aliphatic rings. The maximum absolute atomic E-state index is 9.95.